The van der Waals surface area contributed by atoms with E-state index in [2.05, 4.69) is 36.2 Å². The molecule has 2 atom stereocenters. The van der Waals surface area contributed by atoms with Crippen LogP contribution in [0.25, 0.3) is 0 Å². The van der Waals surface area contributed by atoms with Crippen LogP contribution in [0, 0.1) is 5.92 Å². The van der Waals surface area contributed by atoms with Gasteiger partial charge in [-0.15, -0.1) is 0 Å². The number of rotatable bonds is 5. The number of nitrogens with one attached hydrogen (secondary N) is 1. The van der Waals surface area contributed by atoms with Gasteiger partial charge in [0.05, 0.1) is 0 Å². The van der Waals surface area contributed by atoms with Crippen LogP contribution in [-0.4, -0.2) is 36.6 Å². The van der Waals surface area contributed by atoms with Crippen molar-refractivity contribution in [3.05, 3.63) is 12.2 Å². The SMILES string of the molecule is C/C=C/CN1CC(CCC)NCC1C1CCCCC1. The average molecular weight is 264 g/mol. The van der Waals surface area contributed by atoms with Gasteiger partial charge in [-0.1, -0.05) is 44.8 Å². The van der Waals surface area contributed by atoms with Gasteiger partial charge in [0.2, 0.25) is 0 Å². The van der Waals surface area contributed by atoms with Gasteiger partial charge in [-0.05, 0) is 32.1 Å². The highest BCUT2D eigenvalue weighted by Gasteiger charge is 2.32. The summed E-state index contributed by atoms with van der Waals surface area (Å²) >= 11 is 0. The minimum absolute atomic E-state index is 0.718. The zero-order valence-electron chi connectivity index (χ0n) is 12.9. The van der Waals surface area contributed by atoms with Gasteiger partial charge in [-0.2, -0.15) is 0 Å². The van der Waals surface area contributed by atoms with Crippen molar-refractivity contribution in [1.29, 1.82) is 0 Å². The molecule has 2 fully saturated rings. The van der Waals surface area contributed by atoms with Crippen LogP contribution in [0.1, 0.15) is 58.8 Å². The summed E-state index contributed by atoms with van der Waals surface area (Å²) in [6.07, 6.45) is 14.4. The first-order valence-corrected chi connectivity index (χ1v) is 8.43. The lowest BCUT2D eigenvalue weighted by atomic mass is 9.82. The summed E-state index contributed by atoms with van der Waals surface area (Å²) in [5, 5.41) is 3.81. The first-order valence-electron chi connectivity index (χ1n) is 8.43. The van der Waals surface area contributed by atoms with Crippen LogP contribution in [0.5, 0.6) is 0 Å². The Morgan fingerprint density at radius 1 is 1.21 bits per heavy atom. The van der Waals surface area contributed by atoms with Gasteiger partial charge in [-0.3, -0.25) is 4.90 Å². The molecule has 1 aliphatic carbocycles. The third-order valence-corrected chi connectivity index (χ3v) is 4.95. The maximum atomic E-state index is 3.81. The van der Waals surface area contributed by atoms with Gasteiger partial charge in [0.25, 0.3) is 0 Å². The van der Waals surface area contributed by atoms with Crippen LogP contribution in [0.2, 0.25) is 0 Å². The fourth-order valence-electron chi connectivity index (χ4n) is 3.88. The molecule has 1 N–H and O–H groups in total. The molecule has 0 aromatic carbocycles. The molecule has 2 unspecified atom stereocenters. The van der Waals surface area contributed by atoms with Crippen molar-refractivity contribution in [2.75, 3.05) is 19.6 Å². The number of allylic oxidation sites excluding steroid dienone is 1. The molecule has 1 heterocycles. The molecular weight excluding hydrogens is 232 g/mol. The summed E-state index contributed by atoms with van der Waals surface area (Å²) in [6, 6.07) is 1.50. The average Bonchev–Trinajstić information content (AvgIpc) is 2.46. The van der Waals surface area contributed by atoms with E-state index in [-0.39, 0.29) is 0 Å². The number of piperazine rings is 1. The second-order valence-electron chi connectivity index (χ2n) is 6.38. The molecule has 1 aliphatic heterocycles. The number of hydrogen-bond acceptors (Lipinski definition) is 2. The van der Waals surface area contributed by atoms with Crippen molar-refractivity contribution in [3.63, 3.8) is 0 Å². The van der Waals surface area contributed by atoms with E-state index < -0.39 is 0 Å². The summed E-state index contributed by atoms with van der Waals surface area (Å²) in [6.45, 7) is 8.05. The summed E-state index contributed by atoms with van der Waals surface area (Å²) < 4.78 is 0. The van der Waals surface area contributed by atoms with Crippen molar-refractivity contribution in [2.24, 2.45) is 5.92 Å². The number of hydrogen-bond donors (Lipinski definition) is 1. The van der Waals surface area contributed by atoms with Crippen molar-refractivity contribution < 1.29 is 0 Å². The predicted octanol–water partition coefficient (Wildman–Crippen LogP) is 3.59. The molecule has 2 aliphatic rings. The van der Waals surface area contributed by atoms with Crippen LogP contribution in [0.15, 0.2) is 12.2 Å². The van der Waals surface area contributed by atoms with Crippen molar-refractivity contribution in [2.45, 2.75) is 70.9 Å². The minimum atomic E-state index is 0.718. The summed E-state index contributed by atoms with van der Waals surface area (Å²) in [7, 11) is 0. The van der Waals surface area contributed by atoms with Gasteiger partial charge in [0.15, 0.2) is 0 Å². The Labute approximate surface area is 119 Å². The van der Waals surface area contributed by atoms with E-state index in [0.717, 1.165) is 24.5 Å². The van der Waals surface area contributed by atoms with E-state index in [9.17, 15) is 0 Å². The molecule has 0 amide bonds. The maximum absolute atomic E-state index is 3.81. The second kappa shape index (κ2) is 8.06. The maximum Gasteiger partial charge on any atom is 0.0252 e. The normalized spacial score (nSPS) is 31.1. The molecule has 2 nitrogen and oxygen atoms in total. The molecule has 1 saturated heterocycles. The fraction of sp³-hybridized carbons (Fsp3) is 0.882. The van der Waals surface area contributed by atoms with Crippen molar-refractivity contribution in [1.82, 2.24) is 10.2 Å². The predicted molar refractivity (Wildman–Crippen MR) is 83.4 cm³/mol. The van der Waals surface area contributed by atoms with Crippen molar-refractivity contribution in [3.8, 4) is 0 Å². The summed E-state index contributed by atoms with van der Waals surface area (Å²) in [5.41, 5.74) is 0. The van der Waals surface area contributed by atoms with Crippen LogP contribution >= 0.6 is 0 Å². The molecule has 0 bridgehead atoms. The van der Waals surface area contributed by atoms with E-state index in [1.54, 1.807) is 0 Å². The molecule has 0 aromatic rings. The Hall–Kier alpha value is -0.340. The summed E-state index contributed by atoms with van der Waals surface area (Å²) in [4.78, 5) is 2.76. The molecular formula is C17H32N2. The van der Waals surface area contributed by atoms with E-state index >= 15 is 0 Å². The lowest BCUT2D eigenvalue weighted by Crippen LogP contribution is -2.59. The Morgan fingerprint density at radius 3 is 2.68 bits per heavy atom. The highest BCUT2D eigenvalue weighted by molar-refractivity contribution is 4.94. The zero-order valence-corrected chi connectivity index (χ0v) is 12.9. The Bertz CT molecular complexity index is 268. The zero-order chi connectivity index (χ0) is 13.5. The molecule has 0 aromatic heterocycles. The van der Waals surface area contributed by atoms with Crippen LogP contribution in [0.3, 0.4) is 0 Å². The van der Waals surface area contributed by atoms with E-state index in [4.69, 9.17) is 0 Å². The van der Waals surface area contributed by atoms with Gasteiger partial charge < -0.3 is 5.32 Å². The van der Waals surface area contributed by atoms with Gasteiger partial charge >= 0.3 is 0 Å². The van der Waals surface area contributed by atoms with E-state index in [1.165, 1.54) is 58.0 Å². The molecule has 2 heteroatoms. The molecule has 1 saturated carbocycles. The van der Waals surface area contributed by atoms with Crippen LogP contribution in [0.4, 0.5) is 0 Å². The molecule has 0 radical (unpaired) electrons. The first-order chi connectivity index (χ1) is 9.35. The Morgan fingerprint density at radius 2 is 2.00 bits per heavy atom. The van der Waals surface area contributed by atoms with Gasteiger partial charge in [0, 0.05) is 31.7 Å². The van der Waals surface area contributed by atoms with Gasteiger partial charge in [0.1, 0.15) is 0 Å². The van der Waals surface area contributed by atoms with Crippen LogP contribution < -0.4 is 5.32 Å². The largest absolute Gasteiger partial charge is 0.311 e. The highest BCUT2D eigenvalue weighted by Crippen LogP contribution is 2.30. The topological polar surface area (TPSA) is 15.3 Å². The van der Waals surface area contributed by atoms with E-state index in [0.29, 0.717) is 0 Å². The molecule has 110 valence electrons. The lowest BCUT2D eigenvalue weighted by molar-refractivity contribution is 0.0801. The third-order valence-electron chi connectivity index (χ3n) is 4.95. The van der Waals surface area contributed by atoms with E-state index in [1.807, 2.05) is 0 Å². The highest BCUT2D eigenvalue weighted by atomic mass is 15.2. The Kier molecular flexibility index (Phi) is 6.39. The van der Waals surface area contributed by atoms with Crippen molar-refractivity contribution >= 4 is 0 Å². The standard InChI is InChI=1S/C17H32N2/c1-3-5-12-19-14-16(9-4-2)18-13-17(19)15-10-7-6-8-11-15/h3,5,15-18H,4,6-14H2,1-2H3/b5-3+. The quantitative estimate of drug-likeness (QED) is 0.764. The second-order valence-corrected chi connectivity index (χ2v) is 6.38. The van der Waals surface area contributed by atoms with Crippen LogP contribution in [-0.2, 0) is 0 Å². The fourth-order valence-corrected chi connectivity index (χ4v) is 3.88. The van der Waals surface area contributed by atoms with Gasteiger partial charge in [-0.25, -0.2) is 0 Å². The lowest BCUT2D eigenvalue weighted by Gasteiger charge is -2.44. The first kappa shape index (κ1) is 15.1. The minimum Gasteiger partial charge on any atom is -0.311 e. The Balaban J connectivity index is 1.94. The molecule has 19 heavy (non-hydrogen) atoms. The molecule has 0 spiro atoms. The molecule has 2 rings (SSSR count). The summed E-state index contributed by atoms with van der Waals surface area (Å²) in [5.74, 6) is 0.939. The monoisotopic (exact) mass is 264 g/mol. The third kappa shape index (κ3) is 4.32. The number of nitrogens with zero attached hydrogens (tertiary/aromatic N) is 1. The smallest absolute Gasteiger partial charge is 0.0252 e.